The molecule has 0 heterocycles. The predicted molar refractivity (Wildman–Crippen MR) is 57.8 cm³/mol. The average molecular weight is 198 g/mol. The fourth-order valence-corrected chi connectivity index (χ4v) is 1.37. The lowest BCUT2D eigenvalue weighted by Gasteiger charge is -2.26. The highest BCUT2D eigenvalue weighted by Gasteiger charge is 2.47. The normalized spacial score (nSPS) is 26.9. The minimum absolute atomic E-state index is 0.0203. The van der Waals surface area contributed by atoms with E-state index in [0.717, 1.165) is 6.42 Å². The Balaban J connectivity index is 2.44. The van der Waals surface area contributed by atoms with Crippen molar-refractivity contribution in [3.05, 3.63) is 0 Å². The van der Waals surface area contributed by atoms with Crippen LogP contribution in [0.2, 0.25) is 0 Å². The van der Waals surface area contributed by atoms with E-state index in [-0.39, 0.29) is 16.7 Å². The molecule has 0 saturated heterocycles. The number of amides is 1. The lowest BCUT2D eigenvalue weighted by Crippen LogP contribution is -2.49. The zero-order valence-corrected chi connectivity index (χ0v) is 9.85. The van der Waals surface area contributed by atoms with Crippen LogP contribution in [0.4, 0.5) is 0 Å². The van der Waals surface area contributed by atoms with E-state index < -0.39 is 6.04 Å². The molecule has 3 heteroatoms. The van der Waals surface area contributed by atoms with E-state index in [1.807, 2.05) is 20.8 Å². The van der Waals surface area contributed by atoms with Gasteiger partial charge >= 0.3 is 0 Å². The minimum Gasteiger partial charge on any atom is -0.351 e. The Kier molecular flexibility index (Phi) is 2.65. The molecule has 0 radical (unpaired) electrons. The van der Waals surface area contributed by atoms with Crippen molar-refractivity contribution in [2.24, 2.45) is 16.6 Å². The van der Waals surface area contributed by atoms with E-state index in [2.05, 4.69) is 19.2 Å². The molecule has 0 aliphatic heterocycles. The second kappa shape index (κ2) is 3.23. The van der Waals surface area contributed by atoms with Gasteiger partial charge in [-0.3, -0.25) is 4.79 Å². The molecule has 1 amide bonds. The molecule has 3 nitrogen and oxygen atoms in total. The lowest BCUT2D eigenvalue weighted by molar-refractivity contribution is -0.124. The largest absolute Gasteiger partial charge is 0.351 e. The van der Waals surface area contributed by atoms with Crippen molar-refractivity contribution in [1.29, 1.82) is 0 Å². The number of nitrogens with one attached hydrogen (secondary N) is 1. The summed E-state index contributed by atoms with van der Waals surface area (Å²) < 4.78 is 0. The Hall–Kier alpha value is -0.570. The molecule has 2 atom stereocenters. The SMILES string of the molecule is CC1(C)CC1NC(=O)[C@H](N)C(C)(C)C. The van der Waals surface area contributed by atoms with Gasteiger partial charge in [0.05, 0.1) is 6.04 Å². The quantitative estimate of drug-likeness (QED) is 0.702. The summed E-state index contributed by atoms with van der Waals surface area (Å²) in [7, 11) is 0. The van der Waals surface area contributed by atoms with Crippen LogP contribution in [0.5, 0.6) is 0 Å². The van der Waals surface area contributed by atoms with Gasteiger partial charge in [0.25, 0.3) is 0 Å². The zero-order chi connectivity index (χ0) is 11.1. The second-order valence-electron chi connectivity index (χ2n) is 6.10. The standard InChI is InChI=1S/C11H22N2O/c1-10(2,3)8(12)9(14)13-7-6-11(7,4)5/h7-8H,6,12H2,1-5H3,(H,13,14)/t7?,8-/m0/s1. The smallest absolute Gasteiger partial charge is 0.237 e. The number of rotatable bonds is 2. The van der Waals surface area contributed by atoms with E-state index in [9.17, 15) is 4.79 Å². The fourth-order valence-electron chi connectivity index (χ4n) is 1.37. The van der Waals surface area contributed by atoms with Crippen LogP contribution in [-0.4, -0.2) is 18.0 Å². The molecule has 0 bridgehead atoms. The number of carbonyl (C=O) groups excluding carboxylic acids is 1. The molecule has 1 aliphatic rings. The molecule has 3 N–H and O–H groups in total. The Bertz CT molecular complexity index is 240. The molecule has 0 aromatic carbocycles. The van der Waals surface area contributed by atoms with Crippen LogP contribution in [0.15, 0.2) is 0 Å². The molecule has 14 heavy (non-hydrogen) atoms. The van der Waals surface area contributed by atoms with E-state index in [1.54, 1.807) is 0 Å². The van der Waals surface area contributed by atoms with Gasteiger partial charge in [0.1, 0.15) is 0 Å². The van der Waals surface area contributed by atoms with Crippen molar-refractivity contribution in [3.63, 3.8) is 0 Å². The molecule has 82 valence electrons. The topological polar surface area (TPSA) is 55.1 Å². The third-order valence-corrected chi connectivity index (χ3v) is 3.05. The van der Waals surface area contributed by atoms with Gasteiger partial charge in [-0.1, -0.05) is 34.6 Å². The number of carbonyl (C=O) groups is 1. The van der Waals surface area contributed by atoms with Crippen LogP contribution >= 0.6 is 0 Å². The third-order valence-electron chi connectivity index (χ3n) is 3.05. The summed E-state index contributed by atoms with van der Waals surface area (Å²) in [5.74, 6) is -0.0203. The third kappa shape index (κ3) is 2.47. The molecule has 0 spiro atoms. The first-order valence-electron chi connectivity index (χ1n) is 5.20. The minimum atomic E-state index is -0.418. The maximum absolute atomic E-state index is 11.7. The van der Waals surface area contributed by atoms with Gasteiger partial charge in [-0.15, -0.1) is 0 Å². The molecule has 1 unspecified atom stereocenters. The van der Waals surface area contributed by atoms with Gasteiger partial charge < -0.3 is 11.1 Å². The van der Waals surface area contributed by atoms with Crippen LogP contribution in [0.3, 0.4) is 0 Å². The van der Waals surface area contributed by atoms with Crippen molar-refractivity contribution in [2.75, 3.05) is 0 Å². The molecule has 1 fully saturated rings. The van der Waals surface area contributed by atoms with Crippen LogP contribution in [-0.2, 0) is 4.79 Å². The summed E-state index contributed by atoms with van der Waals surface area (Å²) in [5.41, 5.74) is 5.95. The van der Waals surface area contributed by atoms with Gasteiger partial charge in [0.2, 0.25) is 5.91 Å². The van der Waals surface area contributed by atoms with Crippen molar-refractivity contribution >= 4 is 5.91 Å². The van der Waals surface area contributed by atoms with Crippen molar-refractivity contribution < 1.29 is 4.79 Å². The van der Waals surface area contributed by atoms with Gasteiger partial charge in [-0.25, -0.2) is 0 Å². The molecule has 1 aliphatic carbocycles. The highest BCUT2D eigenvalue weighted by molar-refractivity contribution is 5.83. The molecule has 0 aromatic heterocycles. The summed E-state index contributed by atoms with van der Waals surface area (Å²) in [5, 5.41) is 2.99. The maximum Gasteiger partial charge on any atom is 0.237 e. The van der Waals surface area contributed by atoms with Gasteiger partial charge in [-0.2, -0.15) is 0 Å². The monoisotopic (exact) mass is 198 g/mol. The van der Waals surface area contributed by atoms with Crippen molar-refractivity contribution in [1.82, 2.24) is 5.32 Å². The summed E-state index contributed by atoms with van der Waals surface area (Å²) >= 11 is 0. The first-order chi connectivity index (χ1) is 6.14. The number of hydrogen-bond donors (Lipinski definition) is 2. The van der Waals surface area contributed by atoms with E-state index in [0.29, 0.717) is 6.04 Å². The van der Waals surface area contributed by atoms with Gasteiger partial charge in [0.15, 0.2) is 0 Å². The van der Waals surface area contributed by atoms with E-state index in [1.165, 1.54) is 0 Å². The van der Waals surface area contributed by atoms with E-state index >= 15 is 0 Å². The van der Waals surface area contributed by atoms with Crippen LogP contribution in [0.25, 0.3) is 0 Å². The molecular formula is C11H22N2O. The molecular weight excluding hydrogens is 176 g/mol. The Labute approximate surface area is 86.4 Å². The molecule has 0 aromatic rings. The highest BCUT2D eigenvalue weighted by Crippen LogP contribution is 2.44. The van der Waals surface area contributed by atoms with Crippen LogP contribution in [0.1, 0.15) is 41.0 Å². The van der Waals surface area contributed by atoms with E-state index in [4.69, 9.17) is 5.73 Å². The summed E-state index contributed by atoms with van der Waals surface area (Å²) in [6, 6.07) is -0.0951. The zero-order valence-electron chi connectivity index (χ0n) is 9.85. The van der Waals surface area contributed by atoms with Gasteiger partial charge in [-0.05, 0) is 17.3 Å². The maximum atomic E-state index is 11.7. The summed E-state index contributed by atoms with van der Waals surface area (Å²) in [6.07, 6.45) is 1.07. The predicted octanol–water partition coefficient (Wildman–Crippen LogP) is 1.27. The Morgan fingerprint density at radius 3 is 2.21 bits per heavy atom. The molecule has 1 rings (SSSR count). The van der Waals surface area contributed by atoms with Crippen LogP contribution < -0.4 is 11.1 Å². The Morgan fingerprint density at radius 1 is 1.50 bits per heavy atom. The average Bonchev–Trinajstić information content (AvgIpc) is 2.55. The fraction of sp³-hybridized carbons (Fsp3) is 0.909. The summed E-state index contributed by atoms with van der Waals surface area (Å²) in [4.78, 5) is 11.7. The lowest BCUT2D eigenvalue weighted by atomic mass is 9.87. The first-order valence-corrected chi connectivity index (χ1v) is 5.20. The van der Waals surface area contributed by atoms with Gasteiger partial charge in [0, 0.05) is 6.04 Å². The van der Waals surface area contributed by atoms with Crippen molar-refractivity contribution in [3.8, 4) is 0 Å². The van der Waals surface area contributed by atoms with Crippen LogP contribution in [0, 0.1) is 10.8 Å². The highest BCUT2D eigenvalue weighted by atomic mass is 16.2. The Morgan fingerprint density at radius 2 is 1.93 bits per heavy atom. The summed E-state index contributed by atoms with van der Waals surface area (Å²) in [6.45, 7) is 10.3. The molecule has 1 saturated carbocycles. The second-order valence-corrected chi connectivity index (χ2v) is 6.10. The van der Waals surface area contributed by atoms with Crippen molar-refractivity contribution in [2.45, 2.75) is 53.1 Å². The number of hydrogen-bond acceptors (Lipinski definition) is 2. The number of nitrogens with two attached hydrogens (primary N) is 1. The first kappa shape index (κ1) is 11.5.